The van der Waals surface area contributed by atoms with Gasteiger partial charge in [0.1, 0.15) is 15.8 Å². The van der Waals surface area contributed by atoms with Crippen LogP contribution >= 0.6 is 35.6 Å². The molecule has 2 aromatic carbocycles. The topological polar surface area (TPSA) is 47.4 Å². The lowest BCUT2D eigenvalue weighted by molar-refractivity contribution is -0.122. The first-order valence-electron chi connectivity index (χ1n) is 11.3. The zero-order valence-corrected chi connectivity index (χ0v) is 21.6. The Morgan fingerprint density at radius 3 is 2.65 bits per heavy atom. The van der Waals surface area contributed by atoms with Gasteiger partial charge in [-0.25, -0.2) is 4.68 Å². The van der Waals surface area contributed by atoms with E-state index in [1.807, 2.05) is 65.5 Å². The molecule has 0 unspecified atom stereocenters. The molecule has 1 saturated heterocycles. The van der Waals surface area contributed by atoms with Gasteiger partial charge in [0.2, 0.25) is 0 Å². The third kappa shape index (κ3) is 5.37. The molecule has 1 amide bonds. The summed E-state index contributed by atoms with van der Waals surface area (Å²) in [6.45, 7) is 2.83. The Bertz CT molecular complexity index is 1220. The standard InChI is InChI=1S/C26H26ClN3O2S2/c1-3-4-5-9-14-29-25(31)23(34-26(29)33)16-19-17-30(20-10-7-6-8-11-20)28-24(19)18-12-13-22(32-2)21(27)15-18/h6-8,10-13,15-17H,3-5,9,14H2,1-2H3/b23-16-. The van der Waals surface area contributed by atoms with Crippen LogP contribution in [0.3, 0.4) is 0 Å². The number of carbonyl (C=O) groups is 1. The summed E-state index contributed by atoms with van der Waals surface area (Å²) < 4.78 is 7.71. The summed E-state index contributed by atoms with van der Waals surface area (Å²) in [7, 11) is 1.58. The van der Waals surface area contributed by atoms with E-state index in [9.17, 15) is 4.79 Å². The molecule has 0 atom stereocenters. The van der Waals surface area contributed by atoms with Gasteiger partial charge in [0, 0.05) is 23.9 Å². The van der Waals surface area contributed by atoms with E-state index < -0.39 is 0 Å². The maximum absolute atomic E-state index is 13.1. The van der Waals surface area contributed by atoms with Crippen LogP contribution in [0.25, 0.3) is 23.0 Å². The number of thioether (sulfide) groups is 1. The van der Waals surface area contributed by atoms with Gasteiger partial charge in [0.15, 0.2) is 0 Å². The van der Waals surface area contributed by atoms with E-state index in [4.69, 9.17) is 33.7 Å². The van der Waals surface area contributed by atoms with Crippen molar-refractivity contribution in [2.75, 3.05) is 13.7 Å². The number of nitrogens with zero attached hydrogens (tertiary/aromatic N) is 3. The summed E-state index contributed by atoms with van der Waals surface area (Å²) in [4.78, 5) is 15.5. The number of rotatable bonds is 9. The molecule has 0 aliphatic carbocycles. The highest BCUT2D eigenvalue weighted by Gasteiger charge is 2.32. The fraction of sp³-hybridized carbons (Fsp3) is 0.269. The molecule has 0 saturated carbocycles. The highest BCUT2D eigenvalue weighted by Crippen LogP contribution is 2.36. The van der Waals surface area contributed by atoms with E-state index in [0.29, 0.717) is 26.5 Å². The number of halogens is 1. The fourth-order valence-electron chi connectivity index (χ4n) is 3.77. The van der Waals surface area contributed by atoms with Gasteiger partial charge < -0.3 is 4.74 Å². The molecule has 4 rings (SSSR count). The van der Waals surface area contributed by atoms with E-state index in [1.165, 1.54) is 11.8 Å². The molecule has 0 N–H and O–H groups in total. The number of thiocarbonyl (C=S) groups is 1. The summed E-state index contributed by atoms with van der Waals surface area (Å²) in [5, 5.41) is 5.33. The largest absolute Gasteiger partial charge is 0.495 e. The predicted octanol–water partition coefficient (Wildman–Crippen LogP) is 6.98. The Morgan fingerprint density at radius 2 is 1.94 bits per heavy atom. The first-order valence-corrected chi connectivity index (χ1v) is 12.9. The molecule has 0 radical (unpaired) electrons. The van der Waals surface area contributed by atoms with Crippen molar-refractivity contribution < 1.29 is 9.53 Å². The number of hydrogen-bond donors (Lipinski definition) is 0. The number of benzene rings is 2. The molecule has 3 aromatic rings. The Kier molecular flexibility index (Phi) is 8.08. The SMILES string of the molecule is CCCCCCN1C(=O)/C(=C/c2cn(-c3ccccc3)nc2-c2ccc(OC)c(Cl)c2)SC1=S. The second-order valence-corrected chi connectivity index (χ2v) is 10.0. The van der Waals surface area contributed by atoms with Crippen molar-refractivity contribution in [3.05, 3.63) is 70.2 Å². The van der Waals surface area contributed by atoms with Gasteiger partial charge in [0.25, 0.3) is 5.91 Å². The van der Waals surface area contributed by atoms with Crippen LogP contribution < -0.4 is 4.74 Å². The normalized spacial score (nSPS) is 14.9. The quantitative estimate of drug-likeness (QED) is 0.176. The lowest BCUT2D eigenvalue weighted by Crippen LogP contribution is -2.29. The number of hydrogen-bond acceptors (Lipinski definition) is 5. The number of ether oxygens (including phenoxy) is 1. The van der Waals surface area contributed by atoms with Crippen molar-refractivity contribution in [3.8, 4) is 22.7 Å². The van der Waals surface area contributed by atoms with Gasteiger partial charge in [-0.15, -0.1) is 0 Å². The molecule has 0 spiro atoms. The number of unbranched alkanes of at least 4 members (excludes halogenated alkanes) is 3. The minimum atomic E-state index is -0.0438. The third-order valence-electron chi connectivity index (χ3n) is 5.58. The van der Waals surface area contributed by atoms with Gasteiger partial charge in [-0.1, -0.05) is 80.0 Å². The summed E-state index contributed by atoms with van der Waals surface area (Å²) >= 11 is 13.3. The number of para-hydroxylation sites is 1. The average Bonchev–Trinajstić information content (AvgIpc) is 3.38. The van der Waals surface area contributed by atoms with Gasteiger partial charge in [-0.05, 0) is 42.8 Å². The molecule has 1 aliphatic heterocycles. The Balaban J connectivity index is 1.70. The molecule has 1 fully saturated rings. The van der Waals surface area contributed by atoms with E-state index in [-0.39, 0.29) is 5.91 Å². The van der Waals surface area contributed by atoms with Crippen molar-refractivity contribution in [3.63, 3.8) is 0 Å². The van der Waals surface area contributed by atoms with Crippen molar-refractivity contribution in [2.45, 2.75) is 32.6 Å². The Morgan fingerprint density at radius 1 is 1.15 bits per heavy atom. The van der Waals surface area contributed by atoms with Crippen LogP contribution in [-0.2, 0) is 4.79 Å². The van der Waals surface area contributed by atoms with E-state index in [2.05, 4.69) is 6.92 Å². The van der Waals surface area contributed by atoms with E-state index >= 15 is 0 Å². The molecule has 1 aliphatic rings. The lowest BCUT2D eigenvalue weighted by atomic mass is 10.1. The minimum absolute atomic E-state index is 0.0438. The second kappa shape index (κ2) is 11.2. The summed E-state index contributed by atoms with van der Waals surface area (Å²) in [5.41, 5.74) is 3.30. The summed E-state index contributed by atoms with van der Waals surface area (Å²) in [6, 6.07) is 15.4. The second-order valence-electron chi connectivity index (χ2n) is 7.96. The molecular weight excluding hydrogens is 486 g/mol. The van der Waals surface area contributed by atoms with Crippen LogP contribution in [0.5, 0.6) is 5.75 Å². The molecule has 5 nitrogen and oxygen atoms in total. The number of aromatic nitrogens is 2. The van der Waals surface area contributed by atoms with Crippen molar-refractivity contribution in [1.82, 2.24) is 14.7 Å². The maximum atomic E-state index is 13.1. The van der Waals surface area contributed by atoms with Crippen molar-refractivity contribution in [2.24, 2.45) is 0 Å². The Labute approximate surface area is 214 Å². The molecular formula is C26H26ClN3O2S2. The van der Waals surface area contributed by atoms with Gasteiger partial charge >= 0.3 is 0 Å². The van der Waals surface area contributed by atoms with E-state index in [1.54, 1.807) is 12.0 Å². The molecule has 34 heavy (non-hydrogen) atoms. The average molecular weight is 512 g/mol. The van der Waals surface area contributed by atoms with Crippen LogP contribution in [0.15, 0.2) is 59.6 Å². The zero-order chi connectivity index (χ0) is 24.1. The first-order chi connectivity index (χ1) is 16.5. The lowest BCUT2D eigenvalue weighted by Gasteiger charge is -2.13. The molecule has 1 aromatic heterocycles. The number of amides is 1. The van der Waals surface area contributed by atoms with E-state index in [0.717, 1.165) is 48.2 Å². The van der Waals surface area contributed by atoms with Crippen LogP contribution in [0.1, 0.15) is 38.2 Å². The molecule has 176 valence electrons. The molecule has 8 heteroatoms. The van der Waals surface area contributed by atoms with Crippen LogP contribution in [-0.4, -0.2) is 38.6 Å². The third-order valence-corrected chi connectivity index (χ3v) is 7.26. The van der Waals surface area contributed by atoms with Gasteiger partial charge in [-0.3, -0.25) is 9.69 Å². The van der Waals surface area contributed by atoms with Crippen LogP contribution in [0.4, 0.5) is 0 Å². The fourth-order valence-corrected chi connectivity index (χ4v) is 5.33. The van der Waals surface area contributed by atoms with Crippen molar-refractivity contribution >= 4 is 51.9 Å². The van der Waals surface area contributed by atoms with Gasteiger partial charge in [0.05, 0.1) is 22.7 Å². The van der Waals surface area contributed by atoms with Gasteiger partial charge in [-0.2, -0.15) is 5.10 Å². The van der Waals surface area contributed by atoms with Crippen LogP contribution in [0, 0.1) is 0 Å². The smallest absolute Gasteiger partial charge is 0.266 e. The Hall–Kier alpha value is -2.61. The summed E-state index contributed by atoms with van der Waals surface area (Å²) in [6.07, 6.45) is 8.18. The first kappa shape index (κ1) is 24.5. The highest BCUT2D eigenvalue weighted by molar-refractivity contribution is 8.26. The zero-order valence-electron chi connectivity index (χ0n) is 19.2. The minimum Gasteiger partial charge on any atom is -0.495 e. The molecule has 2 heterocycles. The van der Waals surface area contributed by atoms with Crippen LogP contribution in [0.2, 0.25) is 5.02 Å². The summed E-state index contributed by atoms with van der Waals surface area (Å²) in [5.74, 6) is 0.552. The van der Waals surface area contributed by atoms with Crippen molar-refractivity contribution in [1.29, 1.82) is 0 Å². The highest BCUT2D eigenvalue weighted by atomic mass is 35.5. The predicted molar refractivity (Wildman–Crippen MR) is 145 cm³/mol. The number of carbonyl (C=O) groups excluding carboxylic acids is 1. The number of methoxy groups -OCH3 is 1. The molecule has 0 bridgehead atoms. The maximum Gasteiger partial charge on any atom is 0.266 e. The monoisotopic (exact) mass is 511 g/mol.